The summed E-state index contributed by atoms with van der Waals surface area (Å²) in [5.74, 6) is -0.874. The molecule has 1 spiro atoms. The van der Waals surface area contributed by atoms with Crippen LogP contribution < -0.4 is 20.9 Å². The first kappa shape index (κ1) is 18.8. The normalized spacial score (nSPS) is 27.3. The Morgan fingerprint density at radius 1 is 1.07 bits per heavy atom. The molecule has 4 aliphatic rings. The Labute approximate surface area is 170 Å². The molecule has 29 heavy (non-hydrogen) atoms. The van der Waals surface area contributed by atoms with Crippen molar-refractivity contribution in [3.05, 3.63) is 24.0 Å². The van der Waals surface area contributed by atoms with Crippen LogP contribution in [0.1, 0.15) is 25.7 Å². The van der Waals surface area contributed by atoms with E-state index in [9.17, 15) is 14.0 Å². The molecule has 5 rings (SSSR count). The highest BCUT2D eigenvalue weighted by atomic mass is 19.1. The van der Waals surface area contributed by atoms with Gasteiger partial charge in [-0.15, -0.1) is 0 Å². The SMILES string of the molecule is O=C1CCC(Nc2ccc(N3CC4(C3)CN(C3CCNCC3)C4)c(F)c2)C(=O)N1. The van der Waals surface area contributed by atoms with Crippen molar-refractivity contribution in [3.63, 3.8) is 0 Å². The predicted molar refractivity (Wildman–Crippen MR) is 108 cm³/mol. The molecule has 4 aliphatic heterocycles. The van der Waals surface area contributed by atoms with Crippen LogP contribution in [0.2, 0.25) is 0 Å². The van der Waals surface area contributed by atoms with Crippen LogP contribution in [-0.2, 0) is 9.59 Å². The number of likely N-dealkylation sites (tertiary alicyclic amines) is 1. The van der Waals surface area contributed by atoms with E-state index >= 15 is 0 Å². The summed E-state index contributed by atoms with van der Waals surface area (Å²) in [5.41, 5.74) is 1.53. The van der Waals surface area contributed by atoms with E-state index < -0.39 is 6.04 Å². The summed E-state index contributed by atoms with van der Waals surface area (Å²) in [6.45, 7) is 6.31. The summed E-state index contributed by atoms with van der Waals surface area (Å²) in [5, 5.41) is 8.77. The molecule has 0 aliphatic carbocycles. The summed E-state index contributed by atoms with van der Waals surface area (Å²) in [6.07, 6.45) is 3.19. The van der Waals surface area contributed by atoms with Gasteiger partial charge in [0.2, 0.25) is 11.8 Å². The van der Waals surface area contributed by atoms with Crippen molar-refractivity contribution in [2.45, 2.75) is 37.8 Å². The number of nitrogens with one attached hydrogen (secondary N) is 3. The number of hydrogen-bond acceptors (Lipinski definition) is 6. The van der Waals surface area contributed by atoms with E-state index in [4.69, 9.17) is 0 Å². The fraction of sp³-hybridized carbons (Fsp3) is 0.619. The quantitative estimate of drug-likeness (QED) is 0.652. The number of rotatable bonds is 4. The van der Waals surface area contributed by atoms with Crippen LogP contribution in [0, 0.1) is 11.2 Å². The van der Waals surface area contributed by atoms with Gasteiger partial charge in [0.25, 0.3) is 0 Å². The number of carbonyl (C=O) groups excluding carboxylic acids is 2. The molecule has 3 N–H and O–H groups in total. The molecule has 4 saturated heterocycles. The van der Waals surface area contributed by atoms with Crippen molar-refractivity contribution in [2.24, 2.45) is 5.41 Å². The lowest BCUT2D eigenvalue weighted by atomic mass is 9.71. The molecule has 1 aromatic carbocycles. The molecule has 1 aromatic rings. The lowest BCUT2D eigenvalue weighted by molar-refractivity contribution is -0.133. The van der Waals surface area contributed by atoms with Crippen LogP contribution in [0.4, 0.5) is 15.8 Å². The third-order valence-electron chi connectivity index (χ3n) is 6.82. The number of piperidine rings is 2. The third-order valence-corrected chi connectivity index (χ3v) is 6.82. The van der Waals surface area contributed by atoms with E-state index in [2.05, 4.69) is 25.8 Å². The molecule has 0 bridgehead atoms. The van der Waals surface area contributed by atoms with Gasteiger partial charge in [-0.25, -0.2) is 4.39 Å². The van der Waals surface area contributed by atoms with Gasteiger partial charge >= 0.3 is 0 Å². The Hall–Kier alpha value is -2.19. The van der Waals surface area contributed by atoms with Gasteiger partial charge in [0.05, 0.1) is 5.69 Å². The summed E-state index contributed by atoms with van der Waals surface area (Å²) in [7, 11) is 0. The Balaban J connectivity index is 1.15. The second kappa shape index (κ2) is 7.25. The van der Waals surface area contributed by atoms with Crippen molar-refractivity contribution in [1.82, 2.24) is 15.5 Å². The first-order valence-corrected chi connectivity index (χ1v) is 10.6. The zero-order valence-corrected chi connectivity index (χ0v) is 16.5. The number of carbonyl (C=O) groups is 2. The van der Waals surface area contributed by atoms with Gasteiger partial charge < -0.3 is 15.5 Å². The van der Waals surface area contributed by atoms with Crippen LogP contribution >= 0.6 is 0 Å². The minimum Gasteiger partial charge on any atom is -0.374 e. The molecule has 7 nitrogen and oxygen atoms in total. The average Bonchev–Trinajstić information content (AvgIpc) is 2.64. The zero-order chi connectivity index (χ0) is 20.0. The molecule has 0 aromatic heterocycles. The van der Waals surface area contributed by atoms with Crippen LogP contribution in [-0.4, -0.2) is 68.1 Å². The van der Waals surface area contributed by atoms with Gasteiger partial charge in [0, 0.05) is 49.7 Å². The van der Waals surface area contributed by atoms with Crippen molar-refractivity contribution >= 4 is 23.2 Å². The summed E-state index contributed by atoms with van der Waals surface area (Å²) in [4.78, 5) is 27.8. The summed E-state index contributed by atoms with van der Waals surface area (Å²) in [6, 6.07) is 5.27. The van der Waals surface area contributed by atoms with Crippen molar-refractivity contribution in [2.75, 3.05) is 49.5 Å². The monoisotopic (exact) mass is 401 g/mol. The molecule has 4 fully saturated rings. The number of hydrogen-bond donors (Lipinski definition) is 3. The maximum atomic E-state index is 14.7. The highest BCUT2D eigenvalue weighted by molar-refractivity contribution is 6.01. The smallest absolute Gasteiger partial charge is 0.249 e. The zero-order valence-electron chi connectivity index (χ0n) is 16.5. The first-order chi connectivity index (χ1) is 14.0. The van der Waals surface area contributed by atoms with E-state index in [-0.39, 0.29) is 17.6 Å². The largest absolute Gasteiger partial charge is 0.374 e. The van der Waals surface area contributed by atoms with Gasteiger partial charge in [-0.1, -0.05) is 0 Å². The van der Waals surface area contributed by atoms with Gasteiger partial charge in [-0.3, -0.25) is 19.8 Å². The van der Waals surface area contributed by atoms with Gasteiger partial charge in [-0.05, 0) is 50.6 Å². The van der Waals surface area contributed by atoms with E-state index in [1.807, 2.05) is 6.07 Å². The molecule has 8 heteroatoms. The van der Waals surface area contributed by atoms with E-state index in [1.54, 1.807) is 6.07 Å². The fourth-order valence-electron chi connectivity index (χ4n) is 5.26. The number of nitrogens with zero attached hydrogens (tertiary/aromatic N) is 2. The number of halogens is 1. The molecule has 4 heterocycles. The van der Waals surface area contributed by atoms with Crippen LogP contribution in [0.3, 0.4) is 0 Å². The minimum atomic E-state index is -0.499. The van der Waals surface area contributed by atoms with E-state index in [0.717, 1.165) is 39.3 Å². The minimum absolute atomic E-state index is 0.254. The standard InChI is InChI=1S/C21H28FN5O2/c22-16-9-14(24-17-2-4-19(28)25-20(17)29)1-3-18(16)27-12-21(13-27)10-26(11-21)15-5-7-23-8-6-15/h1,3,9,15,17,23-24H,2,4-8,10-13H2,(H,25,28,29). The summed E-state index contributed by atoms with van der Waals surface area (Å²) >= 11 is 0. The highest BCUT2D eigenvalue weighted by Crippen LogP contribution is 2.44. The third kappa shape index (κ3) is 3.59. The number of benzene rings is 1. The van der Waals surface area contributed by atoms with Gasteiger partial charge in [-0.2, -0.15) is 0 Å². The second-order valence-corrected chi connectivity index (χ2v) is 9.06. The van der Waals surface area contributed by atoms with E-state index in [0.29, 0.717) is 35.7 Å². The predicted octanol–water partition coefficient (Wildman–Crippen LogP) is 0.917. The lowest BCUT2D eigenvalue weighted by Gasteiger charge is -2.63. The Bertz CT molecular complexity index is 811. The maximum Gasteiger partial charge on any atom is 0.249 e. The van der Waals surface area contributed by atoms with Crippen LogP contribution in [0.25, 0.3) is 0 Å². The van der Waals surface area contributed by atoms with Gasteiger partial charge in [0.15, 0.2) is 0 Å². The molecule has 0 saturated carbocycles. The maximum absolute atomic E-state index is 14.7. The van der Waals surface area contributed by atoms with E-state index in [1.165, 1.54) is 18.9 Å². The van der Waals surface area contributed by atoms with Crippen molar-refractivity contribution in [1.29, 1.82) is 0 Å². The Morgan fingerprint density at radius 3 is 2.52 bits per heavy atom. The van der Waals surface area contributed by atoms with Crippen LogP contribution in [0.5, 0.6) is 0 Å². The van der Waals surface area contributed by atoms with Crippen LogP contribution in [0.15, 0.2) is 18.2 Å². The molecule has 1 unspecified atom stereocenters. The first-order valence-electron chi connectivity index (χ1n) is 10.6. The second-order valence-electron chi connectivity index (χ2n) is 9.06. The fourth-order valence-corrected chi connectivity index (χ4v) is 5.26. The summed E-state index contributed by atoms with van der Waals surface area (Å²) < 4.78 is 14.7. The number of anilines is 2. The molecule has 0 radical (unpaired) electrons. The number of amides is 2. The molecular weight excluding hydrogens is 373 g/mol. The molecule has 1 atom stereocenters. The average molecular weight is 401 g/mol. The van der Waals surface area contributed by atoms with Gasteiger partial charge in [0.1, 0.15) is 11.9 Å². The lowest BCUT2D eigenvalue weighted by Crippen LogP contribution is -2.74. The topological polar surface area (TPSA) is 76.7 Å². The Kier molecular flexibility index (Phi) is 4.70. The van der Waals surface area contributed by atoms with Crippen molar-refractivity contribution in [3.8, 4) is 0 Å². The molecule has 156 valence electrons. The molecule has 2 amide bonds. The number of imide groups is 1. The highest BCUT2D eigenvalue weighted by Gasteiger charge is 2.53. The Morgan fingerprint density at radius 2 is 1.83 bits per heavy atom. The molecular formula is C21H28FN5O2. The van der Waals surface area contributed by atoms with Crippen molar-refractivity contribution < 1.29 is 14.0 Å².